The van der Waals surface area contributed by atoms with Crippen molar-refractivity contribution in [1.29, 1.82) is 5.26 Å². The predicted molar refractivity (Wildman–Crippen MR) is 98.3 cm³/mol. The Labute approximate surface area is 140 Å². The molecule has 0 heterocycles. The molecule has 2 rings (SSSR count). The van der Waals surface area contributed by atoms with Gasteiger partial charge in [-0.1, -0.05) is 32.0 Å². The minimum Gasteiger partial charge on any atom is -0.332 e. The van der Waals surface area contributed by atoms with Crippen molar-refractivity contribution in [2.24, 2.45) is 0 Å². The molecule has 112 valence electrons. The van der Waals surface area contributed by atoms with Gasteiger partial charge in [0.05, 0.1) is 0 Å². The van der Waals surface area contributed by atoms with Gasteiger partial charge in [-0.2, -0.15) is 5.26 Å². The molecule has 0 fully saturated rings. The molecule has 0 spiro atoms. The second-order valence-corrected chi connectivity index (χ2v) is 6.31. The molecule has 0 aliphatic heterocycles. The number of anilines is 2. The number of hydrogen-bond donors (Lipinski definition) is 2. The molecule has 2 aromatic carbocycles. The number of nitrogens with zero attached hydrogens (tertiary/aromatic N) is 1. The zero-order chi connectivity index (χ0) is 15.9. The van der Waals surface area contributed by atoms with E-state index in [0.717, 1.165) is 28.0 Å². The predicted octanol–water partition coefficient (Wildman–Crippen LogP) is 5.19. The fourth-order valence-corrected chi connectivity index (χ4v) is 2.66. The Balaban J connectivity index is 2.03. The molecule has 0 unspecified atom stereocenters. The maximum atomic E-state index is 8.64. The normalized spacial score (nSPS) is 10.1. The van der Waals surface area contributed by atoms with Gasteiger partial charge in [-0.15, -0.1) is 0 Å². The minimum absolute atomic E-state index is 0.425. The third-order valence-corrected chi connectivity index (χ3v) is 3.91. The summed E-state index contributed by atoms with van der Waals surface area (Å²) >= 11 is 6.51. The third kappa shape index (κ3) is 4.48. The molecule has 0 aliphatic carbocycles. The Hall–Kier alpha value is -2.03. The third-order valence-electron chi connectivity index (χ3n) is 3.11. The lowest BCUT2D eigenvalue weighted by Gasteiger charge is -2.16. The van der Waals surface area contributed by atoms with Gasteiger partial charge in [-0.25, -0.2) is 0 Å². The standard InChI is InChI=1S/C17H17N3S2/c1-12(2)15-5-3-4-6-16(15)20-17(21)19-13-7-9-14(10-8-13)22-11-18/h3-10,12H,1-2H3,(H2,19,20,21). The number of rotatable bonds is 4. The van der Waals surface area contributed by atoms with Crippen molar-refractivity contribution in [3.8, 4) is 5.40 Å². The maximum absolute atomic E-state index is 8.64. The van der Waals surface area contributed by atoms with Gasteiger partial charge in [0.1, 0.15) is 5.40 Å². The second-order valence-electron chi connectivity index (χ2n) is 5.04. The van der Waals surface area contributed by atoms with Gasteiger partial charge in [0, 0.05) is 16.3 Å². The van der Waals surface area contributed by atoms with E-state index in [2.05, 4.69) is 35.9 Å². The van der Waals surface area contributed by atoms with Crippen LogP contribution < -0.4 is 10.6 Å². The Morgan fingerprint density at radius 3 is 2.41 bits per heavy atom. The van der Waals surface area contributed by atoms with Crippen molar-refractivity contribution in [3.63, 3.8) is 0 Å². The zero-order valence-electron chi connectivity index (χ0n) is 12.5. The van der Waals surface area contributed by atoms with Crippen LogP contribution >= 0.6 is 24.0 Å². The van der Waals surface area contributed by atoms with Crippen molar-refractivity contribution in [2.45, 2.75) is 24.7 Å². The number of benzene rings is 2. The van der Waals surface area contributed by atoms with E-state index < -0.39 is 0 Å². The highest BCUT2D eigenvalue weighted by molar-refractivity contribution is 8.03. The Bertz CT molecular complexity index is 688. The van der Waals surface area contributed by atoms with Crippen LogP contribution in [0.4, 0.5) is 11.4 Å². The minimum atomic E-state index is 0.425. The first-order valence-corrected chi connectivity index (χ1v) is 8.15. The van der Waals surface area contributed by atoms with E-state index in [1.807, 2.05) is 42.5 Å². The van der Waals surface area contributed by atoms with Crippen molar-refractivity contribution < 1.29 is 0 Å². The van der Waals surface area contributed by atoms with E-state index in [0.29, 0.717) is 11.0 Å². The molecular formula is C17H17N3S2. The van der Waals surface area contributed by atoms with Gasteiger partial charge < -0.3 is 10.6 Å². The zero-order valence-corrected chi connectivity index (χ0v) is 14.1. The number of nitriles is 1. The Kier molecular flexibility index (Phi) is 5.82. The van der Waals surface area contributed by atoms with Crippen LogP contribution in [0.25, 0.3) is 0 Å². The number of thiocyanates is 1. The lowest BCUT2D eigenvalue weighted by molar-refractivity contribution is 0.869. The van der Waals surface area contributed by atoms with Crippen molar-refractivity contribution >= 4 is 40.5 Å². The summed E-state index contributed by atoms with van der Waals surface area (Å²) in [6.45, 7) is 4.31. The largest absolute Gasteiger partial charge is 0.332 e. The molecule has 2 aromatic rings. The summed E-state index contributed by atoms with van der Waals surface area (Å²) in [7, 11) is 0. The molecule has 0 saturated heterocycles. The van der Waals surface area contributed by atoms with E-state index in [1.165, 1.54) is 5.56 Å². The summed E-state index contributed by atoms with van der Waals surface area (Å²) < 4.78 is 0. The van der Waals surface area contributed by atoms with Crippen molar-refractivity contribution in [1.82, 2.24) is 0 Å². The molecular weight excluding hydrogens is 310 g/mol. The van der Waals surface area contributed by atoms with E-state index in [9.17, 15) is 0 Å². The molecule has 0 aromatic heterocycles. The fourth-order valence-electron chi connectivity index (χ4n) is 2.06. The highest BCUT2D eigenvalue weighted by Gasteiger charge is 2.07. The molecule has 0 atom stereocenters. The first-order chi connectivity index (χ1) is 10.6. The summed E-state index contributed by atoms with van der Waals surface area (Å²) in [6.07, 6.45) is 0. The van der Waals surface area contributed by atoms with E-state index in [1.54, 1.807) is 0 Å². The van der Waals surface area contributed by atoms with Crippen LogP contribution in [0.1, 0.15) is 25.3 Å². The number of thiocarbonyl (C=S) groups is 1. The smallest absolute Gasteiger partial charge is 0.175 e. The highest BCUT2D eigenvalue weighted by Crippen LogP contribution is 2.24. The summed E-state index contributed by atoms with van der Waals surface area (Å²) in [4.78, 5) is 0.914. The second kappa shape index (κ2) is 7.83. The van der Waals surface area contributed by atoms with Crippen LogP contribution in [-0.4, -0.2) is 5.11 Å². The van der Waals surface area contributed by atoms with Crippen LogP contribution in [0, 0.1) is 10.7 Å². The number of thioether (sulfide) groups is 1. The van der Waals surface area contributed by atoms with Gasteiger partial charge in [0.25, 0.3) is 0 Å². The summed E-state index contributed by atoms with van der Waals surface area (Å²) in [5.74, 6) is 0.425. The SMILES string of the molecule is CC(C)c1ccccc1NC(=S)Nc1ccc(SC#N)cc1. The van der Waals surface area contributed by atoms with Crippen molar-refractivity contribution in [3.05, 3.63) is 54.1 Å². The topological polar surface area (TPSA) is 47.8 Å². The van der Waals surface area contributed by atoms with Gasteiger partial charge in [0.2, 0.25) is 0 Å². The molecule has 0 amide bonds. The molecule has 5 heteroatoms. The number of para-hydroxylation sites is 1. The van der Waals surface area contributed by atoms with Crippen LogP contribution in [0.2, 0.25) is 0 Å². The van der Waals surface area contributed by atoms with E-state index in [-0.39, 0.29) is 0 Å². The molecule has 0 aliphatic rings. The van der Waals surface area contributed by atoms with Gasteiger partial charge in [-0.3, -0.25) is 0 Å². The first kappa shape index (κ1) is 16.3. The van der Waals surface area contributed by atoms with E-state index in [4.69, 9.17) is 17.5 Å². The molecule has 22 heavy (non-hydrogen) atoms. The molecule has 0 radical (unpaired) electrons. The average Bonchev–Trinajstić information content (AvgIpc) is 2.50. The van der Waals surface area contributed by atoms with Crippen LogP contribution in [0.15, 0.2) is 53.4 Å². The summed E-state index contributed by atoms with van der Waals surface area (Å²) in [5.41, 5.74) is 3.14. The Morgan fingerprint density at radius 1 is 1.09 bits per heavy atom. The molecule has 3 nitrogen and oxygen atoms in total. The number of hydrogen-bond acceptors (Lipinski definition) is 3. The van der Waals surface area contributed by atoms with Crippen LogP contribution in [-0.2, 0) is 0 Å². The average molecular weight is 327 g/mol. The molecule has 0 bridgehead atoms. The lowest BCUT2D eigenvalue weighted by Crippen LogP contribution is -2.20. The van der Waals surface area contributed by atoms with Crippen LogP contribution in [0.5, 0.6) is 0 Å². The monoisotopic (exact) mass is 327 g/mol. The maximum Gasteiger partial charge on any atom is 0.175 e. The first-order valence-electron chi connectivity index (χ1n) is 6.93. The molecule has 0 saturated carbocycles. The lowest BCUT2D eigenvalue weighted by atomic mass is 10.0. The summed E-state index contributed by atoms with van der Waals surface area (Å²) in [5, 5.41) is 17.6. The van der Waals surface area contributed by atoms with Gasteiger partial charge in [-0.05, 0) is 65.8 Å². The highest BCUT2D eigenvalue weighted by atomic mass is 32.2. The number of nitrogens with one attached hydrogen (secondary N) is 2. The van der Waals surface area contributed by atoms with E-state index >= 15 is 0 Å². The summed E-state index contributed by atoms with van der Waals surface area (Å²) in [6, 6.07) is 15.7. The molecule has 2 N–H and O–H groups in total. The van der Waals surface area contributed by atoms with Gasteiger partial charge in [0.15, 0.2) is 5.11 Å². The van der Waals surface area contributed by atoms with Crippen LogP contribution in [0.3, 0.4) is 0 Å². The van der Waals surface area contributed by atoms with Crippen molar-refractivity contribution in [2.75, 3.05) is 10.6 Å². The fraction of sp³-hybridized carbons (Fsp3) is 0.176. The van der Waals surface area contributed by atoms with Gasteiger partial charge >= 0.3 is 0 Å². The Morgan fingerprint density at radius 2 is 1.77 bits per heavy atom. The quantitative estimate of drug-likeness (QED) is 0.459.